The molecular formula is C17H18N2O4. The zero-order chi connectivity index (χ0) is 15.6. The third kappa shape index (κ3) is 2.76. The van der Waals surface area contributed by atoms with Gasteiger partial charge in [-0.2, -0.15) is 0 Å². The SMILES string of the molecule is O=C(NC[C@@H]1COc2ccccc2O1)c1onc2c1CCCC2. The lowest BCUT2D eigenvalue weighted by molar-refractivity contribution is 0.0767. The molecule has 6 nitrogen and oxygen atoms in total. The number of nitrogens with zero attached hydrogens (tertiary/aromatic N) is 1. The first-order valence-electron chi connectivity index (χ1n) is 7.95. The molecule has 1 amide bonds. The predicted octanol–water partition coefficient (Wildman–Crippen LogP) is 2.12. The van der Waals surface area contributed by atoms with Gasteiger partial charge < -0.3 is 19.3 Å². The molecule has 0 bridgehead atoms. The zero-order valence-corrected chi connectivity index (χ0v) is 12.7. The van der Waals surface area contributed by atoms with Gasteiger partial charge in [0, 0.05) is 5.56 Å². The van der Waals surface area contributed by atoms with E-state index in [0.29, 0.717) is 24.7 Å². The topological polar surface area (TPSA) is 73.6 Å². The van der Waals surface area contributed by atoms with Gasteiger partial charge >= 0.3 is 0 Å². The summed E-state index contributed by atoms with van der Waals surface area (Å²) in [5.74, 6) is 1.55. The molecule has 1 N–H and O–H groups in total. The van der Waals surface area contributed by atoms with Crippen molar-refractivity contribution in [3.8, 4) is 11.5 Å². The lowest BCUT2D eigenvalue weighted by Crippen LogP contribution is -2.40. The van der Waals surface area contributed by atoms with Gasteiger partial charge in [-0.1, -0.05) is 17.3 Å². The molecule has 0 spiro atoms. The van der Waals surface area contributed by atoms with Crippen LogP contribution in [0.15, 0.2) is 28.8 Å². The van der Waals surface area contributed by atoms with E-state index in [1.165, 1.54) is 0 Å². The Balaban J connectivity index is 1.38. The fourth-order valence-electron chi connectivity index (χ4n) is 3.02. The maximum Gasteiger partial charge on any atom is 0.290 e. The third-order valence-corrected chi connectivity index (χ3v) is 4.22. The number of fused-ring (bicyclic) bond motifs is 2. The summed E-state index contributed by atoms with van der Waals surface area (Å²) >= 11 is 0. The minimum absolute atomic E-state index is 0.215. The van der Waals surface area contributed by atoms with Crippen molar-refractivity contribution in [1.29, 1.82) is 0 Å². The van der Waals surface area contributed by atoms with Gasteiger partial charge in [-0.05, 0) is 37.8 Å². The molecule has 1 atom stereocenters. The Bertz CT molecular complexity index is 725. The summed E-state index contributed by atoms with van der Waals surface area (Å²) in [5, 5.41) is 6.87. The lowest BCUT2D eigenvalue weighted by atomic mass is 9.96. The van der Waals surface area contributed by atoms with Crippen LogP contribution < -0.4 is 14.8 Å². The van der Waals surface area contributed by atoms with E-state index in [1.807, 2.05) is 24.3 Å². The molecule has 1 aromatic carbocycles. The Morgan fingerprint density at radius 1 is 1.22 bits per heavy atom. The molecule has 2 aliphatic rings. The van der Waals surface area contributed by atoms with E-state index in [1.54, 1.807) is 0 Å². The number of hydrogen-bond donors (Lipinski definition) is 1. The van der Waals surface area contributed by atoms with E-state index in [4.69, 9.17) is 14.0 Å². The number of aryl methyl sites for hydroxylation is 1. The van der Waals surface area contributed by atoms with E-state index >= 15 is 0 Å². The molecule has 4 rings (SSSR count). The Labute approximate surface area is 133 Å². The first kappa shape index (κ1) is 14.1. The van der Waals surface area contributed by atoms with Gasteiger partial charge in [0.1, 0.15) is 12.7 Å². The second-order valence-electron chi connectivity index (χ2n) is 5.85. The maximum atomic E-state index is 12.3. The average Bonchev–Trinajstić information content (AvgIpc) is 3.03. The van der Waals surface area contributed by atoms with Crippen LogP contribution in [0.5, 0.6) is 11.5 Å². The van der Waals surface area contributed by atoms with Crippen LogP contribution in [0.4, 0.5) is 0 Å². The minimum Gasteiger partial charge on any atom is -0.486 e. The van der Waals surface area contributed by atoms with Crippen molar-refractivity contribution in [3.63, 3.8) is 0 Å². The molecule has 1 aliphatic carbocycles. The normalized spacial score (nSPS) is 19.0. The monoisotopic (exact) mass is 314 g/mol. The molecule has 1 aliphatic heterocycles. The van der Waals surface area contributed by atoms with Crippen LogP contribution in [0.1, 0.15) is 34.7 Å². The second kappa shape index (κ2) is 5.95. The van der Waals surface area contributed by atoms with Crippen molar-refractivity contribution >= 4 is 5.91 Å². The number of rotatable bonds is 3. The minimum atomic E-state index is -0.233. The molecule has 1 aromatic heterocycles. The Hall–Kier alpha value is -2.50. The first-order chi connectivity index (χ1) is 11.3. The molecule has 2 heterocycles. The number of nitrogens with one attached hydrogen (secondary N) is 1. The van der Waals surface area contributed by atoms with Crippen LogP contribution in [0.25, 0.3) is 0 Å². The number of carbonyl (C=O) groups is 1. The molecule has 0 saturated heterocycles. The van der Waals surface area contributed by atoms with Gasteiger partial charge in [-0.15, -0.1) is 0 Å². The molecular weight excluding hydrogens is 296 g/mol. The van der Waals surface area contributed by atoms with Gasteiger partial charge in [0.15, 0.2) is 11.5 Å². The molecule has 0 radical (unpaired) electrons. The van der Waals surface area contributed by atoms with E-state index in [-0.39, 0.29) is 12.0 Å². The van der Waals surface area contributed by atoms with Gasteiger partial charge in [-0.3, -0.25) is 4.79 Å². The van der Waals surface area contributed by atoms with Crippen molar-refractivity contribution in [2.24, 2.45) is 0 Å². The highest BCUT2D eigenvalue weighted by Gasteiger charge is 2.26. The molecule has 120 valence electrons. The Morgan fingerprint density at radius 3 is 2.96 bits per heavy atom. The Morgan fingerprint density at radius 2 is 2.04 bits per heavy atom. The highest BCUT2D eigenvalue weighted by molar-refractivity contribution is 5.93. The van der Waals surface area contributed by atoms with Gasteiger partial charge in [-0.25, -0.2) is 0 Å². The number of amides is 1. The fourth-order valence-corrected chi connectivity index (χ4v) is 3.02. The number of benzene rings is 1. The van der Waals surface area contributed by atoms with Crippen LogP contribution in [-0.2, 0) is 12.8 Å². The quantitative estimate of drug-likeness (QED) is 0.939. The largest absolute Gasteiger partial charge is 0.486 e. The lowest BCUT2D eigenvalue weighted by Gasteiger charge is -2.26. The number of aromatic nitrogens is 1. The smallest absolute Gasteiger partial charge is 0.290 e. The summed E-state index contributed by atoms with van der Waals surface area (Å²) in [4.78, 5) is 12.3. The van der Waals surface area contributed by atoms with Gasteiger partial charge in [0.25, 0.3) is 5.91 Å². The van der Waals surface area contributed by atoms with Crippen molar-refractivity contribution in [3.05, 3.63) is 41.3 Å². The summed E-state index contributed by atoms with van der Waals surface area (Å²) in [7, 11) is 0. The first-order valence-corrected chi connectivity index (χ1v) is 7.95. The number of carbonyl (C=O) groups excluding carboxylic acids is 1. The Kier molecular flexibility index (Phi) is 3.65. The van der Waals surface area contributed by atoms with Crippen molar-refractivity contribution in [2.45, 2.75) is 31.8 Å². The number of hydrogen-bond acceptors (Lipinski definition) is 5. The van der Waals surface area contributed by atoms with Crippen LogP contribution >= 0.6 is 0 Å². The highest BCUT2D eigenvalue weighted by atomic mass is 16.6. The van der Waals surface area contributed by atoms with E-state index in [2.05, 4.69) is 10.5 Å². The van der Waals surface area contributed by atoms with Gasteiger partial charge in [0.05, 0.1) is 12.2 Å². The van der Waals surface area contributed by atoms with Crippen molar-refractivity contribution in [2.75, 3.05) is 13.2 Å². The van der Waals surface area contributed by atoms with Crippen molar-refractivity contribution < 1.29 is 18.8 Å². The van der Waals surface area contributed by atoms with Crippen LogP contribution in [0.3, 0.4) is 0 Å². The predicted molar refractivity (Wildman–Crippen MR) is 81.8 cm³/mol. The van der Waals surface area contributed by atoms with Crippen LogP contribution in [-0.4, -0.2) is 30.3 Å². The standard InChI is InChI=1S/C17H18N2O4/c20-17(16-12-5-1-2-6-13(12)19-23-16)18-9-11-10-21-14-7-3-4-8-15(14)22-11/h3-4,7-8,11H,1-2,5-6,9-10H2,(H,18,20)/t11-/m1/s1. The molecule has 0 saturated carbocycles. The molecule has 0 unspecified atom stereocenters. The zero-order valence-electron chi connectivity index (χ0n) is 12.7. The average molecular weight is 314 g/mol. The molecule has 0 fully saturated rings. The maximum absolute atomic E-state index is 12.3. The van der Waals surface area contributed by atoms with Gasteiger partial charge in [0.2, 0.25) is 5.76 Å². The van der Waals surface area contributed by atoms with Crippen molar-refractivity contribution in [1.82, 2.24) is 10.5 Å². The molecule has 23 heavy (non-hydrogen) atoms. The fraction of sp³-hybridized carbons (Fsp3) is 0.412. The summed E-state index contributed by atoms with van der Waals surface area (Å²) < 4.78 is 16.7. The highest BCUT2D eigenvalue weighted by Crippen LogP contribution is 2.30. The summed E-state index contributed by atoms with van der Waals surface area (Å²) in [6.07, 6.45) is 3.71. The summed E-state index contributed by atoms with van der Waals surface area (Å²) in [5.41, 5.74) is 1.88. The van der Waals surface area contributed by atoms with Crippen LogP contribution in [0.2, 0.25) is 0 Å². The van der Waals surface area contributed by atoms with E-state index in [9.17, 15) is 4.79 Å². The summed E-state index contributed by atoms with van der Waals surface area (Å²) in [6, 6.07) is 7.52. The molecule has 2 aromatic rings. The van der Waals surface area contributed by atoms with E-state index < -0.39 is 0 Å². The number of ether oxygens (including phenoxy) is 2. The van der Waals surface area contributed by atoms with Crippen LogP contribution in [0, 0.1) is 0 Å². The summed E-state index contributed by atoms with van der Waals surface area (Å²) in [6.45, 7) is 0.772. The molecule has 6 heteroatoms. The second-order valence-corrected chi connectivity index (χ2v) is 5.85. The number of para-hydroxylation sites is 2. The third-order valence-electron chi connectivity index (χ3n) is 4.22. The van der Waals surface area contributed by atoms with E-state index in [0.717, 1.165) is 42.7 Å².